The van der Waals surface area contributed by atoms with Crippen LogP contribution in [0.4, 0.5) is 5.69 Å². The summed E-state index contributed by atoms with van der Waals surface area (Å²) in [5.41, 5.74) is 0.905. The van der Waals surface area contributed by atoms with E-state index in [0.29, 0.717) is 12.6 Å². The third kappa shape index (κ3) is 5.92. The second-order valence-corrected chi connectivity index (χ2v) is 5.45. The molecule has 0 fully saturated rings. The van der Waals surface area contributed by atoms with Crippen molar-refractivity contribution in [1.29, 1.82) is 0 Å². The minimum Gasteiger partial charge on any atom is -0.493 e. The minimum absolute atomic E-state index is 0.438. The van der Waals surface area contributed by atoms with E-state index in [9.17, 15) is 0 Å². The predicted octanol–water partition coefficient (Wildman–Crippen LogP) is 2.81. The van der Waals surface area contributed by atoms with Crippen LogP contribution in [0.5, 0.6) is 11.5 Å². The molecule has 0 spiro atoms. The van der Waals surface area contributed by atoms with Gasteiger partial charge in [0.25, 0.3) is 0 Å². The van der Waals surface area contributed by atoms with Gasteiger partial charge in [0.15, 0.2) is 17.5 Å². The zero-order chi connectivity index (χ0) is 17.9. The highest BCUT2D eigenvalue weighted by atomic mass is 16.5. The molecule has 0 heterocycles. The van der Waals surface area contributed by atoms with Crippen LogP contribution in [0.3, 0.4) is 0 Å². The van der Waals surface area contributed by atoms with Crippen molar-refractivity contribution in [2.75, 3.05) is 45.7 Å². The van der Waals surface area contributed by atoms with Crippen LogP contribution in [0, 0.1) is 0 Å². The first-order valence-corrected chi connectivity index (χ1v) is 8.62. The standard InChI is InChI=1S/C18H32N4O2/c1-7-22(8-2)14(4)13-20-18(19-5)21-15-10-11-16(23-6)17(12-15)24-9-3/h10-12,14H,7-9,13H2,1-6H3,(H2,19,20,21). The molecule has 1 aromatic rings. The molecule has 0 radical (unpaired) electrons. The van der Waals surface area contributed by atoms with Crippen molar-refractivity contribution in [1.82, 2.24) is 10.2 Å². The molecule has 0 amide bonds. The van der Waals surface area contributed by atoms with Gasteiger partial charge in [-0.15, -0.1) is 0 Å². The number of rotatable bonds is 9. The van der Waals surface area contributed by atoms with Gasteiger partial charge in [-0.3, -0.25) is 9.89 Å². The summed E-state index contributed by atoms with van der Waals surface area (Å²) in [4.78, 5) is 6.69. The van der Waals surface area contributed by atoms with Crippen molar-refractivity contribution in [3.05, 3.63) is 18.2 Å². The fourth-order valence-electron chi connectivity index (χ4n) is 2.56. The first-order chi connectivity index (χ1) is 11.6. The number of guanidine groups is 1. The molecule has 6 heteroatoms. The highest BCUT2D eigenvalue weighted by Crippen LogP contribution is 2.30. The van der Waals surface area contributed by atoms with Crippen molar-refractivity contribution >= 4 is 11.6 Å². The van der Waals surface area contributed by atoms with Crippen LogP contribution in [0.15, 0.2) is 23.2 Å². The van der Waals surface area contributed by atoms with Gasteiger partial charge < -0.3 is 20.1 Å². The number of ether oxygens (including phenoxy) is 2. The Morgan fingerprint density at radius 3 is 2.46 bits per heavy atom. The van der Waals surface area contributed by atoms with Gasteiger partial charge in [0.2, 0.25) is 0 Å². The topological polar surface area (TPSA) is 58.1 Å². The average molecular weight is 336 g/mol. The van der Waals surface area contributed by atoms with Gasteiger partial charge >= 0.3 is 0 Å². The Labute approximate surface area is 146 Å². The smallest absolute Gasteiger partial charge is 0.195 e. The lowest BCUT2D eigenvalue weighted by Gasteiger charge is -2.27. The molecule has 1 aromatic carbocycles. The molecule has 6 nitrogen and oxygen atoms in total. The summed E-state index contributed by atoms with van der Waals surface area (Å²) in [7, 11) is 3.41. The lowest BCUT2D eigenvalue weighted by atomic mass is 10.2. The Morgan fingerprint density at radius 1 is 1.21 bits per heavy atom. The summed E-state index contributed by atoms with van der Waals surface area (Å²) in [6.45, 7) is 12.0. The molecule has 136 valence electrons. The average Bonchev–Trinajstić information content (AvgIpc) is 2.60. The van der Waals surface area contributed by atoms with Crippen LogP contribution < -0.4 is 20.1 Å². The van der Waals surface area contributed by atoms with Crippen LogP contribution in [0.25, 0.3) is 0 Å². The maximum atomic E-state index is 5.61. The van der Waals surface area contributed by atoms with Gasteiger partial charge in [-0.25, -0.2) is 0 Å². The van der Waals surface area contributed by atoms with E-state index in [1.54, 1.807) is 14.2 Å². The zero-order valence-corrected chi connectivity index (χ0v) is 15.8. The second-order valence-electron chi connectivity index (χ2n) is 5.45. The van der Waals surface area contributed by atoms with Gasteiger partial charge in [0.05, 0.1) is 13.7 Å². The number of benzene rings is 1. The number of nitrogens with zero attached hydrogens (tertiary/aromatic N) is 2. The zero-order valence-electron chi connectivity index (χ0n) is 15.8. The molecule has 0 aliphatic heterocycles. The predicted molar refractivity (Wildman–Crippen MR) is 102 cm³/mol. The van der Waals surface area contributed by atoms with E-state index < -0.39 is 0 Å². The molecule has 1 rings (SSSR count). The maximum Gasteiger partial charge on any atom is 0.195 e. The number of anilines is 1. The normalized spacial score (nSPS) is 12.9. The van der Waals surface area contributed by atoms with Crippen LogP contribution in [0.2, 0.25) is 0 Å². The molecular weight excluding hydrogens is 304 g/mol. The fourth-order valence-corrected chi connectivity index (χ4v) is 2.56. The van der Waals surface area contributed by atoms with E-state index >= 15 is 0 Å². The summed E-state index contributed by atoms with van der Waals surface area (Å²) in [6.07, 6.45) is 0. The van der Waals surface area contributed by atoms with Crippen LogP contribution >= 0.6 is 0 Å². The third-order valence-electron chi connectivity index (χ3n) is 3.95. The van der Waals surface area contributed by atoms with E-state index in [2.05, 4.69) is 41.3 Å². The molecule has 0 saturated carbocycles. The number of aliphatic imine (C=N–C) groups is 1. The number of methoxy groups -OCH3 is 1. The van der Waals surface area contributed by atoms with Crippen molar-refractivity contribution in [2.24, 2.45) is 4.99 Å². The highest BCUT2D eigenvalue weighted by Gasteiger charge is 2.11. The first kappa shape index (κ1) is 20.1. The highest BCUT2D eigenvalue weighted by molar-refractivity contribution is 5.93. The van der Waals surface area contributed by atoms with Crippen molar-refractivity contribution in [2.45, 2.75) is 33.7 Å². The monoisotopic (exact) mass is 336 g/mol. The molecule has 0 saturated heterocycles. The molecule has 0 aromatic heterocycles. The summed E-state index contributed by atoms with van der Waals surface area (Å²) in [5.74, 6) is 2.18. The number of hydrogen-bond acceptors (Lipinski definition) is 4. The summed E-state index contributed by atoms with van der Waals surface area (Å²) < 4.78 is 10.9. The van der Waals surface area contributed by atoms with Gasteiger partial charge in [0, 0.05) is 31.4 Å². The van der Waals surface area contributed by atoms with Gasteiger partial charge in [-0.05, 0) is 39.1 Å². The Balaban J connectivity index is 2.70. The molecule has 1 atom stereocenters. The van der Waals surface area contributed by atoms with Crippen molar-refractivity contribution in [3.63, 3.8) is 0 Å². The van der Waals surface area contributed by atoms with Gasteiger partial charge in [0.1, 0.15) is 0 Å². The largest absolute Gasteiger partial charge is 0.493 e. The first-order valence-electron chi connectivity index (χ1n) is 8.62. The summed E-state index contributed by atoms with van der Waals surface area (Å²) in [5, 5.41) is 6.67. The number of hydrogen-bond donors (Lipinski definition) is 2. The quantitative estimate of drug-likeness (QED) is 0.536. The molecule has 1 unspecified atom stereocenters. The molecule has 0 bridgehead atoms. The summed E-state index contributed by atoms with van der Waals surface area (Å²) in [6, 6.07) is 6.19. The number of nitrogens with one attached hydrogen (secondary N) is 2. The second kappa shape index (κ2) is 10.8. The molecular formula is C18H32N4O2. The lowest BCUT2D eigenvalue weighted by molar-refractivity contribution is 0.232. The molecule has 0 aliphatic carbocycles. The van der Waals surface area contributed by atoms with E-state index in [0.717, 1.165) is 42.8 Å². The van der Waals surface area contributed by atoms with E-state index in [1.807, 2.05) is 25.1 Å². The fraction of sp³-hybridized carbons (Fsp3) is 0.611. The Kier molecular flexibility index (Phi) is 9.01. The molecule has 0 aliphatic rings. The van der Waals surface area contributed by atoms with E-state index in [1.165, 1.54) is 0 Å². The van der Waals surface area contributed by atoms with E-state index in [-0.39, 0.29) is 0 Å². The maximum absolute atomic E-state index is 5.61. The molecule has 2 N–H and O–H groups in total. The Bertz CT molecular complexity index is 516. The van der Waals surface area contributed by atoms with Crippen molar-refractivity contribution < 1.29 is 9.47 Å². The van der Waals surface area contributed by atoms with Gasteiger partial charge in [-0.2, -0.15) is 0 Å². The van der Waals surface area contributed by atoms with Crippen LogP contribution in [-0.2, 0) is 0 Å². The van der Waals surface area contributed by atoms with Crippen LogP contribution in [0.1, 0.15) is 27.7 Å². The SMILES string of the molecule is CCOc1cc(NC(=NC)NCC(C)N(CC)CC)ccc1OC. The Morgan fingerprint density at radius 2 is 1.92 bits per heavy atom. The third-order valence-corrected chi connectivity index (χ3v) is 3.95. The minimum atomic E-state index is 0.438. The molecule has 24 heavy (non-hydrogen) atoms. The number of likely N-dealkylation sites (N-methyl/N-ethyl adjacent to an activating group) is 1. The van der Waals surface area contributed by atoms with E-state index in [4.69, 9.17) is 9.47 Å². The Hall–Kier alpha value is -1.95. The lowest BCUT2D eigenvalue weighted by Crippen LogP contribution is -2.43. The van der Waals surface area contributed by atoms with Gasteiger partial charge in [-0.1, -0.05) is 13.8 Å². The van der Waals surface area contributed by atoms with Crippen molar-refractivity contribution in [3.8, 4) is 11.5 Å². The van der Waals surface area contributed by atoms with Crippen LogP contribution in [-0.4, -0.2) is 57.3 Å². The summed E-state index contributed by atoms with van der Waals surface area (Å²) >= 11 is 0.